The van der Waals surface area contributed by atoms with Gasteiger partial charge in [-0.15, -0.1) is 0 Å². The van der Waals surface area contributed by atoms with E-state index >= 15 is 8.78 Å². The molecule has 4 heterocycles. The van der Waals surface area contributed by atoms with Gasteiger partial charge >= 0.3 is 18.2 Å². The van der Waals surface area contributed by atoms with Crippen molar-refractivity contribution in [3.05, 3.63) is 54.1 Å². The normalized spacial score (nSPS) is 17.0. The molecule has 2 fully saturated rings. The molecule has 1 aromatic carbocycles. The summed E-state index contributed by atoms with van der Waals surface area (Å²) in [6.07, 6.45) is -2.45. The smallest absolute Gasteiger partial charge is 0.422 e. The molecule has 5 rings (SSSR count). The average molecular weight is 640 g/mol. The van der Waals surface area contributed by atoms with Crippen molar-refractivity contribution >= 4 is 41.0 Å². The Kier molecular flexibility index (Phi) is 9.01. The lowest BCUT2D eigenvalue weighted by molar-refractivity contribution is -0.186. The lowest BCUT2D eigenvalue weighted by Crippen LogP contribution is -2.51. The van der Waals surface area contributed by atoms with Gasteiger partial charge in [0.25, 0.3) is 5.91 Å². The van der Waals surface area contributed by atoms with Crippen LogP contribution in [0.3, 0.4) is 0 Å². The predicted molar refractivity (Wildman–Crippen MR) is 144 cm³/mol. The molecule has 1 atom stereocenters. The van der Waals surface area contributed by atoms with E-state index < -0.39 is 60.8 Å². The van der Waals surface area contributed by atoms with Crippen LogP contribution in [0.5, 0.6) is 0 Å². The number of imidazole rings is 1. The first-order chi connectivity index (χ1) is 21.4. The largest absolute Gasteiger partial charge is 0.456 e. The molecule has 3 amide bonds. The Labute approximate surface area is 251 Å². The molecular formula is C27H26F5N7O6. The van der Waals surface area contributed by atoms with Gasteiger partial charge in [-0.3, -0.25) is 23.7 Å². The van der Waals surface area contributed by atoms with Crippen LogP contribution in [0.4, 0.5) is 38.1 Å². The zero-order valence-electron chi connectivity index (χ0n) is 23.4. The molecule has 3 aromatic rings. The third-order valence-electron chi connectivity index (χ3n) is 7.07. The molecule has 0 spiro atoms. The van der Waals surface area contributed by atoms with Crippen molar-refractivity contribution in [1.82, 2.24) is 24.6 Å². The van der Waals surface area contributed by atoms with Crippen molar-refractivity contribution in [2.45, 2.75) is 25.1 Å². The molecule has 2 aromatic heterocycles. The predicted octanol–water partition coefficient (Wildman–Crippen LogP) is 2.30. The highest BCUT2D eigenvalue weighted by atomic mass is 19.4. The van der Waals surface area contributed by atoms with Crippen LogP contribution in [-0.4, -0.2) is 101 Å². The molecule has 0 bridgehead atoms. The number of carbonyl (C=O) groups is 4. The number of benzene rings is 1. The summed E-state index contributed by atoms with van der Waals surface area (Å²) in [5.41, 5.74) is -0.411. The number of fused-ring (bicyclic) bond motifs is 1. The van der Waals surface area contributed by atoms with Gasteiger partial charge in [0.1, 0.15) is 17.5 Å². The number of nitrogens with one attached hydrogen (secondary N) is 1. The summed E-state index contributed by atoms with van der Waals surface area (Å²) in [7, 11) is 0. The summed E-state index contributed by atoms with van der Waals surface area (Å²) < 4.78 is 77.6. The van der Waals surface area contributed by atoms with E-state index in [9.17, 15) is 32.3 Å². The third-order valence-corrected chi connectivity index (χ3v) is 7.07. The fourth-order valence-corrected chi connectivity index (χ4v) is 4.88. The monoisotopic (exact) mass is 639 g/mol. The molecular weight excluding hydrogens is 613 g/mol. The zero-order chi connectivity index (χ0) is 32.3. The minimum Gasteiger partial charge on any atom is -0.456 e. The Balaban J connectivity index is 1.11. The number of hydrogen-bond donors (Lipinski definition) is 1. The van der Waals surface area contributed by atoms with Crippen molar-refractivity contribution in [3.8, 4) is 0 Å². The molecule has 18 heteroatoms. The van der Waals surface area contributed by atoms with E-state index in [0.29, 0.717) is 5.78 Å². The first-order valence-corrected chi connectivity index (χ1v) is 13.7. The van der Waals surface area contributed by atoms with Gasteiger partial charge in [-0.2, -0.15) is 13.2 Å². The second-order valence-electron chi connectivity index (χ2n) is 10.2. The summed E-state index contributed by atoms with van der Waals surface area (Å²) in [5, 5.41) is 2.51. The minimum absolute atomic E-state index is 0.0861. The van der Waals surface area contributed by atoms with Gasteiger partial charge in [-0.05, 0) is 12.5 Å². The summed E-state index contributed by atoms with van der Waals surface area (Å²) >= 11 is 0. The fourth-order valence-electron chi connectivity index (χ4n) is 4.88. The summed E-state index contributed by atoms with van der Waals surface area (Å²) in [6, 6.07) is 3.56. The fraction of sp³-hybridized carbons (Fsp3) is 0.407. The Morgan fingerprint density at radius 2 is 1.80 bits per heavy atom. The molecule has 45 heavy (non-hydrogen) atoms. The van der Waals surface area contributed by atoms with Crippen LogP contribution in [0.2, 0.25) is 0 Å². The number of cyclic esters (lactones) is 1. The van der Waals surface area contributed by atoms with Crippen molar-refractivity contribution < 1.29 is 50.6 Å². The highest BCUT2D eigenvalue weighted by molar-refractivity contribution is 5.95. The lowest BCUT2D eigenvalue weighted by atomic mass is 10.1. The van der Waals surface area contributed by atoms with E-state index in [1.807, 2.05) is 0 Å². The third kappa shape index (κ3) is 7.55. The van der Waals surface area contributed by atoms with Gasteiger partial charge in [0.15, 0.2) is 18.2 Å². The maximum atomic E-state index is 15.2. The van der Waals surface area contributed by atoms with Crippen LogP contribution >= 0.6 is 0 Å². The summed E-state index contributed by atoms with van der Waals surface area (Å²) in [5.74, 6) is -3.69. The van der Waals surface area contributed by atoms with Gasteiger partial charge in [0.2, 0.25) is 11.7 Å². The first kappa shape index (κ1) is 31.4. The number of rotatable bonds is 9. The van der Waals surface area contributed by atoms with Gasteiger partial charge < -0.3 is 24.6 Å². The highest BCUT2D eigenvalue weighted by Gasteiger charge is 2.35. The quantitative estimate of drug-likeness (QED) is 0.276. The Hall–Kier alpha value is -5.03. The molecule has 240 valence electrons. The van der Waals surface area contributed by atoms with Gasteiger partial charge in [-0.25, -0.2) is 23.5 Å². The molecule has 0 saturated carbocycles. The number of anilines is 2. The Bertz CT molecular complexity index is 1550. The van der Waals surface area contributed by atoms with Crippen LogP contribution in [0.15, 0.2) is 36.8 Å². The van der Waals surface area contributed by atoms with Crippen molar-refractivity contribution in [3.63, 3.8) is 0 Å². The number of hydrogen-bond acceptors (Lipinski definition) is 9. The number of amides is 3. The number of nitrogens with zero attached hydrogens (tertiary/aromatic N) is 6. The van der Waals surface area contributed by atoms with Crippen molar-refractivity contribution in [2.75, 3.05) is 55.7 Å². The van der Waals surface area contributed by atoms with Crippen LogP contribution < -0.4 is 15.1 Å². The molecule has 13 nitrogen and oxygen atoms in total. The van der Waals surface area contributed by atoms with Gasteiger partial charge in [0.05, 0.1) is 18.8 Å². The summed E-state index contributed by atoms with van der Waals surface area (Å²) in [4.78, 5) is 60.9. The lowest BCUT2D eigenvalue weighted by Gasteiger charge is -2.36. The second-order valence-corrected chi connectivity index (χ2v) is 10.2. The Morgan fingerprint density at radius 1 is 1.09 bits per heavy atom. The zero-order valence-corrected chi connectivity index (χ0v) is 23.4. The average Bonchev–Trinajstić information content (AvgIpc) is 3.60. The number of ether oxygens (including phenoxy) is 2. The SMILES string of the molecule is O=C(CC[C@H]1CN(c2cc(F)c(N3CCN(C(=O)CNC(=O)c4cn5cccnc5n4)CC3)c(F)c2)C(=O)O1)OCC(F)(F)F. The maximum absolute atomic E-state index is 15.2. The molecule has 2 saturated heterocycles. The molecule has 0 radical (unpaired) electrons. The Morgan fingerprint density at radius 3 is 2.47 bits per heavy atom. The van der Waals surface area contributed by atoms with E-state index in [0.717, 1.165) is 17.0 Å². The highest BCUT2D eigenvalue weighted by Crippen LogP contribution is 2.32. The maximum Gasteiger partial charge on any atom is 0.422 e. The number of carbonyl (C=O) groups excluding carboxylic acids is 4. The number of aromatic nitrogens is 3. The standard InChI is InChI=1S/C27H26F5N7O6/c28-18-10-16(39-13-17(45-26(39)43)2-3-22(41)44-15-27(30,31)32)11-19(29)23(18)37-8-6-36(7-9-37)21(40)12-34-24(42)20-14-38-5-1-4-33-25(38)35-20/h1,4-5,10-11,14,17H,2-3,6-9,12-13,15H2,(H,34,42)/t17-/m0/s1. The minimum atomic E-state index is -4.67. The van der Waals surface area contributed by atoms with Crippen LogP contribution in [-0.2, 0) is 19.1 Å². The summed E-state index contributed by atoms with van der Waals surface area (Å²) in [6.45, 7) is -1.81. The van der Waals surface area contributed by atoms with E-state index in [1.54, 1.807) is 16.7 Å². The van der Waals surface area contributed by atoms with Gasteiger partial charge in [-0.1, -0.05) is 0 Å². The number of piperazine rings is 1. The molecule has 2 aliphatic rings. The molecule has 0 aliphatic carbocycles. The number of halogens is 5. The van der Waals surface area contributed by atoms with Crippen LogP contribution in [0.1, 0.15) is 23.3 Å². The van der Waals surface area contributed by atoms with Crippen molar-refractivity contribution in [2.24, 2.45) is 0 Å². The second kappa shape index (κ2) is 12.9. The van der Waals surface area contributed by atoms with Gasteiger partial charge in [0, 0.05) is 63.3 Å². The van der Waals surface area contributed by atoms with E-state index in [2.05, 4.69) is 20.0 Å². The molecule has 0 unspecified atom stereocenters. The number of alkyl halides is 3. The van der Waals surface area contributed by atoms with E-state index in [-0.39, 0.29) is 62.8 Å². The van der Waals surface area contributed by atoms with E-state index in [1.165, 1.54) is 22.2 Å². The van der Waals surface area contributed by atoms with Crippen LogP contribution in [0, 0.1) is 11.6 Å². The molecule has 2 aliphatic heterocycles. The topological polar surface area (TPSA) is 139 Å². The first-order valence-electron chi connectivity index (χ1n) is 13.7. The number of esters is 1. The molecule has 1 N–H and O–H groups in total. The van der Waals surface area contributed by atoms with Crippen LogP contribution in [0.25, 0.3) is 5.78 Å². The van der Waals surface area contributed by atoms with Crippen molar-refractivity contribution in [1.29, 1.82) is 0 Å². The van der Waals surface area contributed by atoms with E-state index in [4.69, 9.17) is 4.74 Å².